The van der Waals surface area contributed by atoms with Gasteiger partial charge in [0.05, 0.1) is 23.4 Å². The minimum absolute atomic E-state index is 0.0972. The Balaban J connectivity index is 1.67. The molecule has 3 aliphatic carbocycles. The molecule has 4 aliphatic rings. The highest BCUT2D eigenvalue weighted by Gasteiger charge is 2.72. The fraction of sp³-hybridized carbons (Fsp3) is 0.643. The molecule has 1 heterocycles. The van der Waals surface area contributed by atoms with Crippen molar-refractivity contribution in [3.8, 4) is 5.75 Å². The van der Waals surface area contributed by atoms with Crippen LogP contribution in [0.4, 0.5) is 0 Å². The molecule has 1 saturated carbocycles. The first-order valence-corrected chi connectivity index (χ1v) is 15.1. The number of aliphatic hydroxyl groups is 1. The zero-order valence-electron chi connectivity index (χ0n) is 21.8. The molecule has 2 fully saturated rings. The first-order valence-electron chi connectivity index (χ1n) is 13.0. The molecule has 2 N–H and O–H groups in total. The molecule has 1 saturated heterocycles. The van der Waals surface area contributed by atoms with Crippen LogP contribution in [0.5, 0.6) is 5.75 Å². The summed E-state index contributed by atoms with van der Waals surface area (Å²) < 4.78 is 13.6. The van der Waals surface area contributed by atoms with Crippen LogP contribution < -0.4 is 0 Å². The lowest BCUT2D eigenvalue weighted by Gasteiger charge is -2.52. The number of aromatic hydroxyl groups is 1. The maximum Gasteiger partial charge on any atom is 0.200 e. The summed E-state index contributed by atoms with van der Waals surface area (Å²) in [7, 11) is -2.37. The predicted octanol–water partition coefficient (Wildman–Crippen LogP) is 5.33. The van der Waals surface area contributed by atoms with E-state index in [0.29, 0.717) is 47.0 Å². The fourth-order valence-electron chi connectivity index (χ4n) is 7.97. The standard InChI is InChI=1S/C28H38O6Si/c1-14(2)35(15(3)4,16(5)6)34-20-12-27(7,32)13-28-21(33-28)11-18-23(24(20)28)25(30)17-9-8-10-19(29)22(17)26(18)31/h8-10,14-16,20-21,24,29,32H,11-13H2,1-7H3/t20-,21-,24-,27+,28-/m1/s1. The number of Topliss-reactive ketones (excluding diaryl/α,β-unsaturated/α-hetero) is 2. The van der Waals surface area contributed by atoms with E-state index in [9.17, 15) is 19.8 Å². The van der Waals surface area contributed by atoms with Crippen LogP contribution in [0.15, 0.2) is 29.3 Å². The Kier molecular flexibility index (Phi) is 5.58. The van der Waals surface area contributed by atoms with Gasteiger partial charge in [0, 0.05) is 41.9 Å². The third kappa shape index (κ3) is 3.38. The molecule has 1 spiro atoms. The quantitative estimate of drug-likeness (QED) is 0.421. The molecule has 1 aliphatic heterocycles. The van der Waals surface area contributed by atoms with Crippen LogP contribution in [0.2, 0.25) is 16.6 Å². The van der Waals surface area contributed by atoms with E-state index in [2.05, 4.69) is 41.5 Å². The highest BCUT2D eigenvalue weighted by molar-refractivity contribution is 6.77. The average Bonchev–Trinajstić information content (AvgIpc) is 3.43. The zero-order chi connectivity index (χ0) is 25.7. The van der Waals surface area contributed by atoms with Gasteiger partial charge in [-0.25, -0.2) is 0 Å². The first-order chi connectivity index (χ1) is 16.3. The van der Waals surface area contributed by atoms with E-state index in [0.717, 1.165) is 0 Å². The smallest absolute Gasteiger partial charge is 0.200 e. The molecular formula is C28H38O6Si. The largest absolute Gasteiger partial charge is 0.507 e. The van der Waals surface area contributed by atoms with Crippen molar-refractivity contribution in [3.63, 3.8) is 0 Å². The van der Waals surface area contributed by atoms with Crippen molar-refractivity contribution >= 4 is 19.9 Å². The highest BCUT2D eigenvalue weighted by atomic mass is 28.4. The number of benzene rings is 1. The number of phenols is 1. The van der Waals surface area contributed by atoms with E-state index in [4.69, 9.17) is 9.16 Å². The van der Waals surface area contributed by atoms with E-state index in [1.807, 2.05) is 6.92 Å². The molecule has 6 nitrogen and oxygen atoms in total. The topological polar surface area (TPSA) is 96.4 Å². The Morgan fingerprint density at radius 3 is 2.29 bits per heavy atom. The molecule has 5 rings (SSSR count). The summed E-state index contributed by atoms with van der Waals surface area (Å²) in [5, 5.41) is 21.8. The number of phenolic OH excluding ortho intramolecular Hbond substituents is 1. The van der Waals surface area contributed by atoms with E-state index in [1.165, 1.54) is 6.07 Å². The molecule has 190 valence electrons. The second-order valence-corrected chi connectivity index (χ2v) is 17.8. The third-order valence-electron chi connectivity index (χ3n) is 9.17. The molecular weight excluding hydrogens is 460 g/mol. The normalized spacial score (nSPS) is 34.2. The van der Waals surface area contributed by atoms with E-state index < -0.39 is 31.5 Å². The van der Waals surface area contributed by atoms with Gasteiger partial charge in [0.15, 0.2) is 11.6 Å². The van der Waals surface area contributed by atoms with Crippen LogP contribution in [-0.4, -0.2) is 53.5 Å². The Morgan fingerprint density at radius 2 is 1.69 bits per heavy atom. The molecule has 5 atom stereocenters. The Morgan fingerprint density at radius 1 is 1.06 bits per heavy atom. The number of rotatable bonds is 5. The van der Waals surface area contributed by atoms with Crippen molar-refractivity contribution < 1.29 is 29.0 Å². The number of epoxide rings is 1. The summed E-state index contributed by atoms with van der Waals surface area (Å²) >= 11 is 0. The van der Waals surface area contributed by atoms with Crippen LogP contribution in [0.1, 0.15) is 88.4 Å². The summed E-state index contributed by atoms with van der Waals surface area (Å²) in [6.45, 7) is 15.2. The van der Waals surface area contributed by atoms with Crippen LogP contribution >= 0.6 is 0 Å². The summed E-state index contributed by atoms with van der Waals surface area (Å²) in [6, 6.07) is 4.68. The number of ether oxygens (including phenoxy) is 1. The van der Waals surface area contributed by atoms with Gasteiger partial charge in [-0.05, 0) is 29.6 Å². The number of hydrogen-bond acceptors (Lipinski definition) is 6. The van der Waals surface area contributed by atoms with Gasteiger partial charge in [0.2, 0.25) is 8.32 Å². The van der Waals surface area contributed by atoms with Crippen LogP contribution in [0.25, 0.3) is 0 Å². The van der Waals surface area contributed by atoms with Gasteiger partial charge in [0.25, 0.3) is 0 Å². The maximum absolute atomic E-state index is 14.0. The summed E-state index contributed by atoms with van der Waals surface area (Å²) in [5.74, 6) is -1.07. The lowest BCUT2D eigenvalue weighted by molar-refractivity contribution is -0.0820. The Bertz CT molecular complexity index is 1110. The van der Waals surface area contributed by atoms with Crippen molar-refractivity contribution in [2.45, 2.75) is 108 Å². The van der Waals surface area contributed by atoms with Crippen LogP contribution in [0, 0.1) is 5.92 Å². The highest BCUT2D eigenvalue weighted by Crippen LogP contribution is 2.64. The van der Waals surface area contributed by atoms with Crippen LogP contribution in [-0.2, 0) is 9.16 Å². The number of carbonyl (C=O) groups excluding carboxylic acids is 2. The number of fused-ring (bicyclic) bond motifs is 2. The minimum atomic E-state index is -2.37. The van der Waals surface area contributed by atoms with Gasteiger partial charge in [-0.3, -0.25) is 9.59 Å². The van der Waals surface area contributed by atoms with E-state index in [1.54, 1.807) is 12.1 Å². The van der Waals surface area contributed by atoms with E-state index in [-0.39, 0.29) is 34.5 Å². The van der Waals surface area contributed by atoms with Crippen LogP contribution in [0.3, 0.4) is 0 Å². The van der Waals surface area contributed by atoms with Crippen molar-refractivity contribution in [3.05, 3.63) is 40.5 Å². The number of ketones is 2. The minimum Gasteiger partial charge on any atom is -0.507 e. The molecule has 0 unspecified atom stereocenters. The molecule has 0 radical (unpaired) electrons. The van der Waals surface area contributed by atoms with Crippen molar-refractivity contribution in [2.75, 3.05) is 0 Å². The van der Waals surface area contributed by atoms with Gasteiger partial charge in [-0.2, -0.15) is 0 Å². The average molecular weight is 499 g/mol. The maximum atomic E-state index is 14.0. The summed E-state index contributed by atoms with van der Waals surface area (Å²) in [4.78, 5) is 27.5. The molecule has 7 heteroatoms. The second kappa shape index (κ2) is 7.85. The lowest BCUT2D eigenvalue weighted by atomic mass is 9.59. The molecule has 1 aromatic rings. The van der Waals surface area contributed by atoms with Gasteiger partial charge in [0.1, 0.15) is 11.4 Å². The fourth-order valence-corrected chi connectivity index (χ4v) is 13.5. The number of hydrogen-bond donors (Lipinski definition) is 2. The van der Waals surface area contributed by atoms with Gasteiger partial charge >= 0.3 is 0 Å². The lowest BCUT2D eigenvalue weighted by Crippen LogP contribution is -2.60. The Labute approximate surface area is 208 Å². The van der Waals surface area contributed by atoms with Crippen molar-refractivity contribution in [1.82, 2.24) is 0 Å². The summed E-state index contributed by atoms with van der Waals surface area (Å²) in [6.07, 6.45) is 0.472. The van der Waals surface area contributed by atoms with Gasteiger partial charge < -0.3 is 19.4 Å². The van der Waals surface area contributed by atoms with E-state index >= 15 is 0 Å². The third-order valence-corrected chi connectivity index (χ3v) is 15.3. The molecule has 0 amide bonds. The first kappa shape index (κ1) is 24.9. The van der Waals surface area contributed by atoms with Crippen molar-refractivity contribution in [1.29, 1.82) is 0 Å². The number of carbonyl (C=O) groups is 2. The van der Waals surface area contributed by atoms with Gasteiger partial charge in [-0.15, -0.1) is 0 Å². The molecule has 35 heavy (non-hydrogen) atoms. The molecule has 0 aromatic heterocycles. The SMILES string of the molecule is CC(C)[Si](O[C@@H]1C[C@](C)(O)C[C@@]23O[C@@H]2CC2=C(C(=O)c4cccc(O)c4C2=O)[C@@H]13)(C(C)C)C(C)C. The summed E-state index contributed by atoms with van der Waals surface area (Å²) in [5.41, 5.74) is 0.602. The monoisotopic (exact) mass is 498 g/mol. The second-order valence-electron chi connectivity index (χ2n) is 12.3. The Hall–Kier alpha value is -1.80. The van der Waals surface area contributed by atoms with Gasteiger partial charge in [-0.1, -0.05) is 53.7 Å². The van der Waals surface area contributed by atoms with Crippen molar-refractivity contribution in [2.24, 2.45) is 5.92 Å². The molecule has 0 bridgehead atoms. The molecule has 1 aromatic carbocycles. The zero-order valence-corrected chi connectivity index (χ0v) is 22.8. The predicted molar refractivity (Wildman–Crippen MR) is 135 cm³/mol.